The van der Waals surface area contributed by atoms with Gasteiger partial charge in [-0.05, 0) is 47.5 Å². The molecule has 1 atom stereocenters. The molecule has 4 aromatic rings. The molecular weight excluding hydrogens is 614 g/mol. The molecule has 0 radical (unpaired) electrons. The summed E-state index contributed by atoms with van der Waals surface area (Å²) in [4.78, 5) is 25.9. The Labute approximate surface area is 260 Å². The minimum absolute atomic E-state index is 0.0488. The summed E-state index contributed by atoms with van der Waals surface area (Å²) in [5.74, 6) is 1.01. The van der Waals surface area contributed by atoms with Gasteiger partial charge in [-0.15, -0.1) is 0 Å². The average Bonchev–Trinajstić information content (AvgIpc) is 3.03. The molecular formula is C34H34BrNO7. The number of para-hydroxylation sites is 2. The van der Waals surface area contributed by atoms with Crippen molar-refractivity contribution in [2.75, 3.05) is 40.6 Å². The molecule has 0 spiro atoms. The van der Waals surface area contributed by atoms with Gasteiger partial charge in [0, 0.05) is 17.1 Å². The van der Waals surface area contributed by atoms with E-state index in [-0.39, 0.29) is 13.0 Å². The van der Waals surface area contributed by atoms with E-state index in [1.807, 2.05) is 78.9 Å². The van der Waals surface area contributed by atoms with Gasteiger partial charge in [0.15, 0.2) is 0 Å². The predicted octanol–water partition coefficient (Wildman–Crippen LogP) is 6.98. The fraction of sp³-hybridized carbons (Fsp3) is 0.235. The standard InChI is InChI=1S/C34H34BrNO7/c1-39-18-19-41-20-21-42-31-17-16-26(35)22-29(31)34(38)36-30(23-33(37)40-2)25-14-12-24(13-15-25)28-10-6-7-11-32(28)43-27-8-4-3-5-9-27/h3-17,22,30H,18-21,23H2,1-2H3,(H,36,38). The Kier molecular flexibility index (Phi) is 12.1. The van der Waals surface area contributed by atoms with Crippen LogP contribution in [-0.4, -0.2) is 52.5 Å². The van der Waals surface area contributed by atoms with Crippen molar-refractivity contribution >= 4 is 27.8 Å². The summed E-state index contributed by atoms with van der Waals surface area (Å²) >= 11 is 3.44. The minimum Gasteiger partial charge on any atom is -0.490 e. The monoisotopic (exact) mass is 647 g/mol. The number of benzene rings is 4. The zero-order valence-electron chi connectivity index (χ0n) is 24.1. The molecule has 0 aliphatic carbocycles. The first-order valence-corrected chi connectivity index (χ1v) is 14.6. The molecule has 0 saturated heterocycles. The molecule has 0 fully saturated rings. The highest BCUT2D eigenvalue weighted by molar-refractivity contribution is 9.10. The first kappa shape index (κ1) is 31.7. The van der Waals surface area contributed by atoms with Crippen molar-refractivity contribution in [3.8, 4) is 28.4 Å². The molecule has 9 heteroatoms. The molecule has 0 aliphatic rings. The Morgan fingerprint density at radius 1 is 0.791 bits per heavy atom. The number of esters is 1. The van der Waals surface area contributed by atoms with E-state index >= 15 is 0 Å². The van der Waals surface area contributed by atoms with Crippen LogP contribution >= 0.6 is 15.9 Å². The first-order valence-electron chi connectivity index (χ1n) is 13.8. The van der Waals surface area contributed by atoms with E-state index in [2.05, 4.69) is 21.2 Å². The van der Waals surface area contributed by atoms with Gasteiger partial charge in [-0.25, -0.2) is 0 Å². The summed E-state index contributed by atoms with van der Waals surface area (Å²) < 4.78 is 28.1. The lowest BCUT2D eigenvalue weighted by molar-refractivity contribution is -0.141. The first-order chi connectivity index (χ1) is 21.0. The number of ether oxygens (including phenoxy) is 5. The van der Waals surface area contributed by atoms with Gasteiger partial charge >= 0.3 is 5.97 Å². The SMILES string of the molecule is COCCOCCOc1ccc(Br)cc1C(=O)NC(CC(=O)OC)c1ccc(-c2ccccc2Oc2ccccc2)cc1. The van der Waals surface area contributed by atoms with Crippen molar-refractivity contribution in [2.24, 2.45) is 0 Å². The van der Waals surface area contributed by atoms with Crippen molar-refractivity contribution in [1.82, 2.24) is 5.32 Å². The van der Waals surface area contributed by atoms with E-state index in [1.165, 1.54) is 7.11 Å². The summed E-state index contributed by atoms with van der Waals surface area (Å²) in [6, 6.07) is 29.6. The van der Waals surface area contributed by atoms with E-state index < -0.39 is 17.9 Å². The number of hydrogen-bond donors (Lipinski definition) is 1. The molecule has 4 rings (SSSR count). The van der Waals surface area contributed by atoms with Crippen LogP contribution in [0.15, 0.2) is 102 Å². The second-order valence-electron chi connectivity index (χ2n) is 9.43. The summed E-state index contributed by atoms with van der Waals surface area (Å²) in [7, 11) is 2.93. The highest BCUT2D eigenvalue weighted by Crippen LogP contribution is 2.34. The molecule has 4 aromatic carbocycles. The van der Waals surface area contributed by atoms with Gasteiger partial charge in [-0.2, -0.15) is 0 Å². The van der Waals surface area contributed by atoms with Crippen LogP contribution in [0.25, 0.3) is 11.1 Å². The number of nitrogens with one attached hydrogen (secondary N) is 1. The van der Waals surface area contributed by atoms with E-state index in [0.29, 0.717) is 41.4 Å². The van der Waals surface area contributed by atoms with Gasteiger partial charge in [0.25, 0.3) is 5.91 Å². The van der Waals surface area contributed by atoms with Crippen LogP contribution in [0.1, 0.15) is 28.4 Å². The van der Waals surface area contributed by atoms with E-state index in [9.17, 15) is 9.59 Å². The maximum atomic E-state index is 13.5. The lowest BCUT2D eigenvalue weighted by atomic mass is 9.98. The van der Waals surface area contributed by atoms with Gasteiger partial charge in [-0.3, -0.25) is 9.59 Å². The largest absolute Gasteiger partial charge is 0.490 e. The minimum atomic E-state index is -0.644. The van der Waals surface area contributed by atoms with Crippen LogP contribution in [0.3, 0.4) is 0 Å². The molecule has 1 unspecified atom stereocenters. The van der Waals surface area contributed by atoms with E-state index in [0.717, 1.165) is 22.4 Å². The van der Waals surface area contributed by atoms with Gasteiger partial charge in [0.05, 0.1) is 45.0 Å². The van der Waals surface area contributed by atoms with Crippen LogP contribution in [0.2, 0.25) is 0 Å². The number of hydrogen-bond acceptors (Lipinski definition) is 7. The third-order valence-electron chi connectivity index (χ3n) is 6.49. The molecule has 224 valence electrons. The average molecular weight is 649 g/mol. The van der Waals surface area contributed by atoms with Crippen molar-refractivity contribution in [3.63, 3.8) is 0 Å². The number of carbonyl (C=O) groups is 2. The molecule has 0 aromatic heterocycles. The molecule has 1 N–H and O–H groups in total. The van der Waals surface area contributed by atoms with E-state index in [1.54, 1.807) is 25.3 Å². The maximum absolute atomic E-state index is 13.5. The molecule has 0 saturated carbocycles. The van der Waals surface area contributed by atoms with Crippen molar-refractivity contribution in [3.05, 3.63) is 113 Å². The van der Waals surface area contributed by atoms with Gasteiger partial charge < -0.3 is 29.0 Å². The van der Waals surface area contributed by atoms with Gasteiger partial charge in [0.2, 0.25) is 0 Å². The quantitative estimate of drug-likeness (QED) is 0.110. The molecule has 0 bridgehead atoms. The fourth-order valence-corrected chi connectivity index (χ4v) is 4.66. The van der Waals surface area contributed by atoms with Crippen molar-refractivity contribution < 1.29 is 33.3 Å². The lowest BCUT2D eigenvalue weighted by Crippen LogP contribution is -2.31. The number of amides is 1. The van der Waals surface area contributed by atoms with Crippen LogP contribution in [0.4, 0.5) is 0 Å². The topological polar surface area (TPSA) is 92.3 Å². The Hall–Kier alpha value is -4.18. The Bertz CT molecular complexity index is 1480. The molecule has 1 amide bonds. The fourth-order valence-electron chi connectivity index (χ4n) is 4.30. The van der Waals surface area contributed by atoms with Crippen molar-refractivity contribution in [1.29, 1.82) is 0 Å². The van der Waals surface area contributed by atoms with Gasteiger partial charge in [0.1, 0.15) is 23.9 Å². The Morgan fingerprint density at radius 2 is 1.51 bits per heavy atom. The number of halogens is 1. The summed E-state index contributed by atoms with van der Waals surface area (Å²) in [6.07, 6.45) is -0.0488. The highest BCUT2D eigenvalue weighted by atomic mass is 79.9. The molecule has 0 heterocycles. The summed E-state index contributed by atoms with van der Waals surface area (Å²) in [5.41, 5.74) is 2.90. The smallest absolute Gasteiger partial charge is 0.307 e. The molecule has 8 nitrogen and oxygen atoms in total. The number of carbonyl (C=O) groups excluding carboxylic acids is 2. The maximum Gasteiger partial charge on any atom is 0.307 e. The summed E-state index contributed by atoms with van der Waals surface area (Å²) in [6.45, 7) is 1.54. The van der Waals surface area contributed by atoms with Gasteiger partial charge in [-0.1, -0.05) is 76.6 Å². The third-order valence-corrected chi connectivity index (χ3v) is 6.98. The summed E-state index contributed by atoms with van der Waals surface area (Å²) in [5, 5.41) is 2.99. The van der Waals surface area contributed by atoms with Crippen LogP contribution in [0.5, 0.6) is 17.2 Å². The van der Waals surface area contributed by atoms with Crippen LogP contribution < -0.4 is 14.8 Å². The Morgan fingerprint density at radius 3 is 2.26 bits per heavy atom. The highest BCUT2D eigenvalue weighted by Gasteiger charge is 2.22. The normalized spacial score (nSPS) is 11.4. The lowest BCUT2D eigenvalue weighted by Gasteiger charge is -2.20. The third kappa shape index (κ3) is 9.41. The zero-order chi connectivity index (χ0) is 30.4. The number of methoxy groups -OCH3 is 2. The number of rotatable bonds is 15. The second-order valence-corrected chi connectivity index (χ2v) is 10.3. The van der Waals surface area contributed by atoms with E-state index in [4.69, 9.17) is 23.7 Å². The molecule has 0 aliphatic heterocycles. The van der Waals surface area contributed by atoms with Crippen molar-refractivity contribution in [2.45, 2.75) is 12.5 Å². The van der Waals surface area contributed by atoms with Crippen LogP contribution in [0, 0.1) is 0 Å². The van der Waals surface area contributed by atoms with Crippen LogP contribution in [-0.2, 0) is 19.0 Å². The molecule has 43 heavy (non-hydrogen) atoms. The zero-order valence-corrected chi connectivity index (χ0v) is 25.7. The second kappa shape index (κ2) is 16.5. The Balaban J connectivity index is 1.52. The predicted molar refractivity (Wildman–Crippen MR) is 168 cm³/mol.